The van der Waals surface area contributed by atoms with Crippen LogP contribution in [0.25, 0.3) is 0 Å². The zero-order valence-corrected chi connectivity index (χ0v) is 16.6. The third-order valence-corrected chi connectivity index (χ3v) is 5.47. The van der Waals surface area contributed by atoms with Crippen molar-refractivity contribution < 1.29 is 27.9 Å². The molecule has 0 aliphatic carbocycles. The Labute approximate surface area is 146 Å². The Morgan fingerprint density at radius 2 is 1.25 bits per heavy atom. The van der Waals surface area contributed by atoms with E-state index >= 15 is 0 Å². The summed E-state index contributed by atoms with van der Waals surface area (Å²) in [6.07, 6.45) is 1.75. The lowest BCUT2D eigenvalue weighted by molar-refractivity contribution is -0.206. The van der Waals surface area contributed by atoms with Crippen LogP contribution >= 0.6 is 0 Å². The molecule has 0 saturated carbocycles. The van der Waals surface area contributed by atoms with Crippen molar-refractivity contribution in [1.82, 2.24) is 0 Å². The van der Waals surface area contributed by atoms with E-state index in [2.05, 4.69) is 13.2 Å². The Morgan fingerprint density at radius 3 is 1.50 bits per heavy atom. The van der Waals surface area contributed by atoms with Crippen LogP contribution < -0.4 is 0 Å². The summed E-state index contributed by atoms with van der Waals surface area (Å²) in [6.45, 7) is 16.7. The van der Waals surface area contributed by atoms with Crippen LogP contribution in [0.15, 0.2) is 24.3 Å². The van der Waals surface area contributed by atoms with Crippen molar-refractivity contribution >= 4 is 21.2 Å². The van der Waals surface area contributed by atoms with Gasteiger partial charge >= 0.3 is 21.2 Å². The Kier molecular flexibility index (Phi) is 10.5. The van der Waals surface area contributed by atoms with E-state index in [4.69, 9.17) is 18.3 Å². The Morgan fingerprint density at radius 1 is 0.875 bits per heavy atom. The summed E-state index contributed by atoms with van der Waals surface area (Å²) >= 11 is 0. The molecule has 0 spiro atoms. The normalized spacial score (nSPS) is 11.2. The molecule has 138 valence electrons. The predicted octanol–water partition coefficient (Wildman–Crippen LogP) is 2.94. The van der Waals surface area contributed by atoms with E-state index in [1.807, 2.05) is 13.8 Å². The lowest BCUT2D eigenvalue weighted by Crippen LogP contribution is -2.56. The largest absolute Gasteiger partial charge is 0.418 e. The monoisotopic (exact) mass is 358 g/mol. The molecule has 0 amide bonds. The van der Waals surface area contributed by atoms with Gasteiger partial charge in [-0.3, -0.25) is 0 Å². The zero-order chi connectivity index (χ0) is 18.8. The van der Waals surface area contributed by atoms with Crippen LogP contribution in [0.1, 0.15) is 53.9 Å². The van der Waals surface area contributed by atoms with Crippen molar-refractivity contribution in [1.29, 1.82) is 0 Å². The molecule has 0 aromatic rings. The van der Waals surface area contributed by atoms with Gasteiger partial charge in [0.2, 0.25) is 0 Å². The molecule has 0 radical (unpaired) electrons. The molecular weight excluding hydrogens is 328 g/mol. The number of esters is 2. The number of hydrogen-bond donors (Lipinski definition) is 0. The molecule has 0 unspecified atom stereocenters. The van der Waals surface area contributed by atoms with Crippen molar-refractivity contribution in [3.05, 3.63) is 24.3 Å². The molecule has 6 nitrogen and oxygen atoms in total. The molecule has 0 aliphatic rings. The van der Waals surface area contributed by atoms with Gasteiger partial charge < -0.3 is 18.3 Å². The molecule has 0 aliphatic heterocycles. The predicted molar refractivity (Wildman–Crippen MR) is 94.5 cm³/mol. The van der Waals surface area contributed by atoms with Crippen LogP contribution in [0, 0.1) is 0 Å². The van der Waals surface area contributed by atoms with Gasteiger partial charge in [-0.25, -0.2) is 9.59 Å². The topological polar surface area (TPSA) is 71.1 Å². The van der Waals surface area contributed by atoms with Crippen LogP contribution in [0.2, 0.25) is 0 Å². The van der Waals surface area contributed by atoms with Crippen LogP contribution in [-0.4, -0.2) is 39.8 Å². The lowest BCUT2D eigenvalue weighted by Gasteiger charge is -2.36. The van der Waals surface area contributed by atoms with Gasteiger partial charge in [0.05, 0.1) is 0 Å². The van der Waals surface area contributed by atoms with E-state index in [0.717, 1.165) is 12.8 Å². The minimum Gasteiger partial charge on any atom is -0.418 e. The third-order valence-electron chi connectivity index (χ3n) is 3.03. The summed E-state index contributed by atoms with van der Waals surface area (Å²) in [7, 11) is -2.68. The molecule has 0 atom stereocenters. The fraction of sp³-hybridized carbons (Fsp3) is 0.647. The van der Waals surface area contributed by atoms with Gasteiger partial charge in [-0.2, -0.15) is 0 Å². The SMILES string of the molecule is C=C(C)C(=O)OC(CC)(OC(=O)C(=C)C)[SiH](OCCC)OCCC. The molecule has 0 rings (SSSR count). The minimum atomic E-state index is -2.68. The number of hydrogen-bond acceptors (Lipinski definition) is 6. The highest BCUT2D eigenvalue weighted by Gasteiger charge is 2.50. The van der Waals surface area contributed by atoms with Crippen LogP contribution in [0.3, 0.4) is 0 Å². The van der Waals surface area contributed by atoms with Gasteiger partial charge in [0.15, 0.2) is 0 Å². The number of ether oxygens (including phenoxy) is 2. The second kappa shape index (κ2) is 11.2. The van der Waals surface area contributed by atoms with E-state index in [1.165, 1.54) is 13.8 Å². The molecule has 7 heteroatoms. The molecule has 0 saturated heterocycles. The molecule has 0 fully saturated rings. The summed E-state index contributed by atoms with van der Waals surface area (Å²) in [5, 5.41) is 0. The number of carbonyl (C=O) groups is 2. The second-order valence-corrected chi connectivity index (χ2v) is 7.79. The van der Waals surface area contributed by atoms with E-state index in [0.29, 0.717) is 13.2 Å². The first-order valence-corrected chi connectivity index (χ1v) is 9.76. The highest BCUT2D eigenvalue weighted by Crippen LogP contribution is 2.26. The van der Waals surface area contributed by atoms with Crippen LogP contribution in [-0.2, 0) is 27.9 Å². The maximum absolute atomic E-state index is 12.1. The standard InChI is InChI=1S/C17H30O6Si/c1-8-11-20-24(21-12-9-2)17(10-3,22-15(18)13(4)5)23-16(19)14(6)7/h24H,4,6,8-12H2,1-3,5,7H3. The van der Waals surface area contributed by atoms with E-state index in [-0.39, 0.29) is 17.6 Å². The number of carbonyl (C=O) groups excluding carboxylic acids is 2. The average molecular weight is 359 g/mol. The Balaban J connectivity index is 5.69. The van der Waals surface area contributed by atoms with Gasteiger partial charge in [0, 0.05) is 30.8 Å². The maximum atomic E-state index is 12.1. The molecule has 24 heavy (non-hydrogen) atoms. The summed E-state index contributed by atoms with van der Waals surface area (Å²) in [5.41, 5.74) is -1.15. The van der Waals surface area contributed by atoms with Crippen molar-refractivity contribution in [2.45, 2.75) is 59.3 Å². The fourth-order valence-corrected chi connectivity index (χ4v) is 3.91. The van der Waals surface area contributed by atoms with Gasteiger partial charge in [-0.05, 0) is 26.7 Å². The van der Waals surface area contributed by atoms with Gasteiger partial charge in [-0.1, -0.05) is 33.9 Å². The molecule has 0 aromatic heterocycles. The molecule has 0 bridgehead atoms. The van der Waals surface area contributed by atoms with E-state index < -0.39 is 26.6 Å². The first-order valence-electron chi connectivity index (χ1n) is 8.24. The highest BCUT2D eigenvalue weighted by molar-refractivity contribution is 6.48. The second-order valence-electron chi connectivity index (χ2n) is 5.58. The van der Waals surface area contributed by atoms with E-state index in [1.54, 1.807) is 6.92 Å². The molecular formula is C17H30O6Si. The Hall–Kier alpha value is -1.44. The number of rotatable bonds is 12. The molecule has 0 heterocycles. The lowest BCUT2D eigenvalue weighted by atomic mass is 10.3. The van der Waals surface area contributed by atoms with Crippen LogP contribution in [0.5, 0.6) is 0 Å². The Bertz CT molecular complexity index is 424. The molecule has 0 N–H and O–H groups in total. The highest BCUT2D eigenvalue weighted by atomic mass is 28.3. The molecule has 0 aromatic carbocycles. The maximum Gasteiger partial charge on any atom is 0.417 e. The smallest absolute Gasteiger partial charge is 0.417 e. The quantitative estimate of drug-likeness (QED) is 0.231. The van der Waals surface area contributed by atoms with Crippen molar-refractivity contribution in [3.8, 4) is 0 Å². The van der Waals surface area contributed by atoms with Gasteiger partial charge in [-0.15, -0.1) is 0 Å². The van der Waals surface area contributed by atoms with Crippen LogP contribution in [0.4, 0.5) is 0 Å². The van der Waals surface area contributed by atoms with Crippen molar-refractivity contribution in [2.75, 3.05) is 13.2 Å². The van der Waals surface area contributed by atoms with E-state index in [9.17, 15) is 9.59 Å². The summed E-state index contributed by atoms with van der Waals surface area (Å²) in [5.74, 6) is -1.30. The summed E-state index contributed by atoms with van der Waals surface area (Å²) in [4.78, 5) is 24.2. The zero-order valence-electron chi connectivity index (χ0n) is 15.5. The first kappa shape index (κ1) is 22.6. The average Bonchev–Trinajstić information content (AvgIpc) is 2.53. The van der Waals surface area contributed by atoms with Gasteiger partial charge in [0.25, 0.3) is 5.41 Å². The first-order chi connectivity index (χ1) is 11.2. The minimum absolute atomic E-state index is 0.206. The fourth-order valence-electron chi connectivity index (χ4n) is 1.67. The van der Waals surface area contributed by atoms with Crippen molar-refractivity contribution in [2.24, 2.45) is 0 Å². The summed E-state index contributed by atoms with van der Waals surface area (Å²) in [6, 6.07) is 0. The van der Waals surface area contributed by atoms with Crippen molar-refractivity contribution in [3.63, 3.8) is 0 Å². The summed E-state index contributed by atoms with van der Waals surface area (Å²) < 4.78 is 22.7. The van der Waals surface area contributed by atoms with Gasteiger partial charge in [0.1, 0.15) is 0 Å². The third kappa shape index (κ3) is 6.98.